The number of hydrogen-bond acceptors (Lipinski definition) is 3. The van der Waals surface area contributed by atoms with Gasteiger partial charge in [0.05, 0.1) is 22.8 Å². The highest BCUT2D eigenvalue weighted by molar-refractivity contribution is 6.39. The highest BCUT2D eigenvalue weighted by atomic mass is 35.5. The summed E-state index contributed by atoms with van der Waals surface area (Å²) in [5, 5.41) is 3.37. The van der Waals surface area contributed by atoms with Crippen molar-refractivity contribution in [3.63, 3.8) is 0 Å². The first-order valence-electron chi connectivity index (χ1n) is 7.22. The summed E-state index contributed by atoms with van der Waals surface area (Å²) in [5.41, 5.74) is 1.35. The highest BCUT2D eigenvalue weighted by Gasteiger charge is 2.12. The van der Waals surface area contributed by atoms with Gasteiger partial charge in [-0.1, -0.05) is 47.5 Å². The van der Waals surface area contributed by atoms with E-state index in [1.165, 1.54) is 0 Å². The van der Waals surface area contributed by atoms with E-state index in [1.807, 2.05) is 31.2 Å². The summed E-state index contributed by atoms with van der Waals surface area (Å²) in [4.78, 5) is 12.1. The predicted molar refractivity (Wildman–Crippen MR) is 98.3 cm³/mol. The predicted octanol–water partition coefficient (Wildman–Crippen LogP) is 5.05. The van der Waals surface area contributed by atoms with Crippen LogP contribution >= 0.6 is 23.2 Å². The van der Waals surface area contributed by atoms with Crippen molar-refractivity contribution < 1.29 is 14.3 Å². The van der Waals surface area contributed by atoms with Crippen molar-refractivity contribution in [2.45, 2.75) is 6.92 Å². The number of nitrogens with one attached hydrogen (secondary N) is 1. The van der Waals surface area contributed by atoms with Crippen LogP contribution in [0.15, 0.2) is 42.5 Å². The zero-order valence-electron chi connectivity index (χ0n) is 13.3. The van der Waals surface area contributed by atoms with Crippen LogP contribution in [-0.2, 0) is 4.79 Å². The molecular weight excluding hydrogens is 349 g/mol. The van der Waals surface area contributed by atoms with Gasteiger partial charge in [-0.25, -0.2) is 0 Å². The number of hydrogen-bond donors (Lipinski definition) is 1. The van der Waals surface area contributed by atoms with Crippen LogP contribution in [0.1, 0.15) is 12.5 Å². The quantitative estimate of drug-likeness (QED) is 0.778. The molecule has 0 aliphatic rings. The summed E-state index contributed by atoms with van der Waals surface area (Å²) in [5.74, 6) is 0.657. The van der Waals surface area contributed by atoms with Crippen LogP contribution in [0.4, 0.5) is 5.69 Å². The molecule has 0 saturated heterocycles. The average molecular weight is 366 g/mol. The minimum Gasteiger partial charge on any atom is -0.493 e. The van der Waals surface area contributed by atoms with Gasteiger partial charge in [0.25, 0.3) is 5.91 Å². The van der Waals surface area contributed by atoms with Crippen LogP contribution in [0.25, 0.3) is 6.08 Å². The van der Waals surface area contributed by atoms with Crippen molar-refractivity contribution in [2.24, 2.45) is 0 Å². The molecular formula is C18H17Cl2NO3. The second-order valence-electron chi connectivity index (χ2n) is 4.84. The molecule has 126 valence electrons. The molecule has 2 aromatic rings. The molecule has 0 aliphatic carbocycles. The number of benzene rings is 2. The largest absolute Gasteiger partial charge is 0.493 e. The Bertz CT molecular complexity index is 740. The molecule has 6 heteroatoms. The summed E-state index contributed by atoms with van der Waals surface area (Å²) < 4.78 is 10.8. The van der Waals surface area contributed by atoms with Crippen molar-refractivity contribution in [2.75, 3.05) is 19.0 Å². The Morgan fingerprint density at radius 1 is 1.17 bits per heavy atom. The third-order valence-corrected chi connectivity index (χ3v) is 3.76. The second-order valence-corrected chi connectivity index (χ2v) is 5.66. The zero-order chi connectivity index (χ0) is 17.5. The second kappa shape index (κ2) is 8.62. The van der Waals surface area contributed by atoms with Crippen LogP contribution in [0.2, 0.25) is 10.0 Å². The lowest BCUT2D eigenvalue weighted by atomic mass is 10.2. The maximum absolute atomic E-state index is 12.1. The number of carbonyl (C=O) groups excluding carboxylic acids is 1. The first-order valence-corrected chi connectivity index (χ1v) is 7.98. The number of carbonyl (C=O) groups is 1. The maximum atomic E-state index is 12.1. The van der Waals surface area contributed by atoms with Crippen LogP contribution in [0.5, 0.6) is 11.5 Å². The van der Waals surface area contributed by atoms with Crippen LogP contribution in [0, 0.1) is 0 Å². The van der Waals surface area contributed by atoms with Gasteiger partial charge in [0.2, 0.25) is 0 Å². The number of halogens is 2. The molecule has 0 atom stereocenters. The van der Waals surface area contributed by atoms with E-state index in [0.717, 1.165) is 5.56 Å². The Kier molecular flexibility index (Phi) is 6.53. The van der Waals surface area contributed by atoms with Gasteiger partial charge < -0.3 is 14.8 Å². The van der Waals surface area contributed by atoms with Crippen LogP contribution in [-0.4, -0.2) is 19.6 Å². The lowest BCUT2D eigenvalue weighted by molar-refractivity contribution is -0.118. The Hall–Kier alpha value is -2.17. The number of anilines is 1. The number of methoxy groups -OCH3 is 1. The molecule has 0 fully saturated rings. The van der Waals surface area contributed by atoms with Gasteiger partial charge in [-0.15, -0.1) is 0 Å². The normalized spacial score (nSPS) is 10.7. The number of allylic oxidation sites excluding steroid dienone is 1. The molecule has 1 amide bonds. The Balaban J connectivity index is 2.04. The number of amides is 1. The number of ether oxygens (including phenoxy) is 2. The maximum Gasteiger partial charge on any atom is 0.262 e. The van der Waals surface area contributed by atoms with E-state index in [2.05, 4.69) is 5.32 Å². The third kappa shape index (κ3) is 4.66. The van der Waals surface area contributed by atoms with E-state index in [-0.39, 0.29) is 12.5 Å². The molecule has 4 nitrogen and oxygen atoms in total. The van der Waals surface area contributed by atoms with Crippen LogP contribution < -0.4 is 14.8 Å². The molecule has 24 heavy (non-hydrogen) atoms. The van der Waals surface area contributed by atoms with Crippen molar-refractivity contribution in [3.05, 3.63) is 58.1 Å². The van der Waals surface area contributed by atoms with Gasteiger partial charge >= 0.3 is 0 Å². The summed E-state index contributed by atoms with van der Waals surface area (Å²) in [7, 11) is 1.55. The van der Waals surface area contributed by atoms with Gasteiger partial charge in [0.15, 0.2) is 18.1 Å². The summed E-state index contributed by atoms with van der Waals surface area (Å²) in [6, 6.07) is 10.5. The van der Waals surface area contributed by atoms with E-state index in [9.17, 15) is 4.79 Å². The van der Waals surface area contributed by atoms with E-state index >= 15 is 0 Å². The summed E-state index contributed by atoms with van der Waals surface area (Å²) in [6.45, 7) is 1.74. The average Bonchev–Trinajstić information content (AvgIpc) is 2.57. The molecule has 0 heterocycles. The monoisotopic (exact) mass is 365 g/mol. The molecule has 0 unspecified atom stereocenters. The first-order chi connectivity index (χ1) is 11.5. The lowest BCUT2D eigenvalue weighted by Crippen LogP contribution is -2.20. The fraction of sp³-hybridized carbons (Fsp3) is 0.167. The number of para-hydroxylation sites is 1. The molecule has 1 N–H and O–H groups in total. The van der Waals surface area contributed by atoms with Crippen molar-refractivity contribution >= 4 is 40.9 Å². The van der Waals surface area contributed by atoms with Crippen molar-refractivity contribution in [3.8, 4) is 11.5 Å². The third-order valence-electron chi connectivity index (χ3n) is 3.13. The molecule has 0 aromatic heterocycles. The molecule has 0 saturated carbocycles. The molecule has 0 radical (unpaired) electrons. The zero-order valence-corrected chi connectivity index (χ0v) is 14.8. The van der Waals surface area contributed by atoms with Gasteiger partial charge in [0.1, 0.15) is 0 Å². The molecule has 0 bridgehead atoms. The first kappa shape index (κ1) is 18.2. The summed E-state index contributed by atoms with van der Waals surface area (Å²) in [6.07, 6.45) is 3.87. The van der Waals surface area contributed by atoms with E-state index in [4.69, 9.17) is 32.7 Å². The fourth-order valence-corrected chi connectivity index (χ4v) is 2.53. The van der Waals surface area contributed by atoms with Gasteiger partial charge in [-0.05, 0) is 36.8 Å². The molecule has 2 aromatic carbocycles. The van der Waals surface area contributed by atoms with Crippen LogP contribution in [0.3, 0.4) is 0 Å². The molecule has 0 aliphatic heterocycles. The van der Waals surface area contributed by atoms with Crippen molar-refractivity contribution in [1.82, 2.24) is 0 Å². The molecule has 2 rings (SSSR count). The van der Waals surface area contributed by atoms with E-state index in [1.54, 1.807) is 31.4 Å². The van der Waals surface area contributed by atoms with Crippen molar-refractivity contribution in [1.29, 1.82) is 0 Å². The topological polar surface area (TPSA) is 47.6 Å². The SMILES string of the molecule is CC=Cc1ccc(OCC(=O)Nc2c(Cl)cccc2Cl)c(OC)c1. The number of rotatable bonds is 6. The summed E-state index contributed by atoms with van der Waals surface area (Å²) >= 11 is 12.0. The standard InChI is InChI=1S/C18H17Cl2NO3/c1-3-5-12-8-9-15(16(10-12)23-2)24-11-17(22)21-18-13(19)6-4-7-14(18)20/h3-10H,11H2,1-2H3,(H,21,22). The lowest BCUT2D eigenvalue weighted by Gasteiger charge is -2.12. The fourth-order valence-electron chi connectivity index (χ4n) is 2.04. The Morgan fingerprint density at radius 2 is 1.88 bits per heavy atom. The molecule has 0 spiro atoms. The van der Waals surface area contributed by atoms with Gasteiger partial charge in [-0.2, -0.15) is 0 Å². The van der Waals surface area contributed by atoms with Gasteiger partial charge in [-0.3, -0.25) is 4.79 Å². The minimum absolute atomic E-state index is 0.194. The Morgan fingerprint density at radius 3 is 2.50 bits per heavy atom. The van der Waals surface area contributed by atoms with Gasteiger partial charge in [0, 0.05) is 0 Å². The smallest absolute Gasteiger partial charge is 0.262 e. The van der Waals surface area contributed by atoms with E-state index in [0.29, 0.717) is 27.2 Å². The highest BCUT2D eigenvalue weighted by Crippen LogP contribution is 2.30. The Labute approximate surface area is 151 Å². The van der Waals surface area contributed by atoms with E-state index < -0.39 is 0 Å². The minimum atomic E-state index is -0.371.